The lowest BCUT2D eigenvalue weighted by Crippen LogP contribution is -2.30. The molecule has 0 aromatic heterocycles. The van der Waals surface area contributed by atoms with E-state index in [-0.39, 0.29) is 26.6 Å². The quantitative estimate of drug-likeness (QED) is 0.892. The van der Waals surface area contributed by atoms with Crippen molar-refractivity contribution in [1.82, 2.24) is 4.90 Å². The number of carbonyl (C=O) groups is 1. The number of hydrogen-bond donors (Lipinski definition) is 1. The predicted octanol–water partition coefficient (Wildman–Crippen LogP) is 1.50. The van der Waals surface area contributed by atoms with Crippen molar-refractivity contribution in [3.63, 3.8) is 0 Å². The Hall–Kier alpha value is -0.860. The molecular formula is C12H14Cl2N2O4S. The average molecular weight is 353 g/mol. The third-order valence-electron chi connectivity index (χ3n) is 3.31. The summed E-state index contributed by atoms with van der Waals surface area (Å²) in [4.78, 5) is 13.6. The van der Waals surface area contributed by atoms with E-state index in [2.05, 4.69) is 0 Å². The molecule has 1 unspecified atom stereocenters. The number of likely N-dealkylation sites (tertiary alicyclic amines) is 1. The summed E-state index contributed by atoms with van der Waals surface area (Å²) in [5.74, 6) is -0.396. The Morgan fingerprint density at radius 3 is 2.62 bits per heavy atom. The second-order valence-electron chi connectivity index (χ2n) is 4.71. The molecule has 0 spiro atoms. The minimum absolute atomic E-state index is 0.0185. The van der Waals surface area contributed by atoms with Crippen molar-refractivity contribution in [1.29, 1.82) is 0 Å². The number of ether oxygens (including phenoxy) is 1. The van der Waals surface area contributed by atoms with Crippen LogP contribution >= 0.6 is 23.2 Å². The Bertz CT molecular complexity index is 678. The first-order valence-corrected chi connectivity index (χ1v) is 8.38. The largest absolute Gasteiger partial charge is 0.380 e. The Labute approximate surface area is 132 Å². The number of primary sulfonamides is 1. The lowest BCUT2D eigenvalue weighted by Gasteiger charge is -2.18. The molecule has 21 heavy (non-hydrogen) atoms. The molecule has 1 aliphatic rings. The second-order valence-corrected chi connectivity index (χ2v) is 7.05. The highest BCUT2D eigenvalue weighted by Gasteiger charge is 2.30. The number of nitrogens with two attached hydrogens (primary N) is 1. The highest BCUT2D eigenvalue weighted by atomic mass is 35.5. The Balaban J connectivity index is 2.41. The molecule has 1 fully saturated rings. The molecule has 1 aromatic carbocycles. The van der Waals surface area contributed by atoms with Gasteiger partial charge in [-0.15, -0.1) is 0 Å². The number of methoxy groups -OCH3 is 1. The summed E-state index contributed by atoms with van der Waals surface area (Å²) < 4.78 is 28.2. The van der Waals surface area contributed by atoms with Crippen molar-refractivity contribution in [2.75, 3.05) is 20.2 Å². The van der Waals surface area contributed by atoms with Crippen molar-refractivity contribution in [3.8, 4) is 0 Å². The lowest BCUT2D eigenvalue weighted by molar-refractivity contribution is 0.0724. The molecule has 0 radical (unpaired) electrons. The van der Waals surface area contributed by atoms with E-state index in [4.69, 9.17) is 33.1 Å². The Morgan fingerprint density at radius 1 is 1.43 bits per heavy atom. The molecule has 6 nitrogen and oxygen atoms in total. The summed E-state index contributed by atoms with van der Waals surface area (Å²) in [5.41, 5.74) is 0.0185. The first-order chi connectivity index (χ1) is 9.74. The van der Waals surface area contributed by atoms with E-state index in [0.717, 1.165) is 6.07 Å². The van der Waals surface area contributed by atoms with Crippen LogP contribution in [0, 0.1) is 0 Å². The van der Waals surface area contributed by atoms with Gasteiger partial charge in [-0.25, -0.2) is 13.6 Å². The maximum absolute atomic E-state index is 12.5. The summed E-state index contributed by atoms with van der Waals surface area (Å²) in [6.07, 6.45) is 0.673. The molecule has 0 saturated carbocycles. The molecule has 0 aliphatic carbocycles. The van der Waals surface area contributed by atoms with Gasteiger partial charge in [0.25, 0.3) is 5.91 Å². The smallest absolute Gasteiger partial charge is 0.255 e. The van der Waals surface area contributed by atoms with Crippen molar-refractivity contribution < 1.29 is 17.9 Å². The maximum Gasteiger partial charge on any atom is 0.255 e. The lowest BCUT2D eigenvalue weighted by atomic mass is 10.2. The standard InChI is InChI=1S/C12H14Cl2N2O4S/c1-20-8-2-3-16(6-8)12(17)9-4-7(13)5-10(11(9)14)21(15,18)19/h4-5,8H,2-3,6H2,1H3,(H2,15,18,19). The number of amides is 1. The molecule has 1 heterocycles. The van der Waals surface area contributed by atoms with Gasteiger partial charge in [-0.3, -0.25) is 4.79 Å². The molecule has 0 bridgehead atoms. The number of carbonyl (C=O) groups excluding carboxylic acids is 1. The first-order valence-electron chi connectivity index (χ1n) is 6.08. The number of benzene rings is 1. The number of halogens is 2. The van der Waals surface area contributed by atoms with Gasteiger partial charge >= 0.3 is 0 Å². The second kappa shape index (κ2) is 6.10. The first kappa shape index (κ1) is 16.5. The Kier molecular flexibility index (Phi) is 4.79. The number of sulfonamides is 1. The fourth-order valence-electron chi connectivity index (χ4n) is 2.20. The zero-order valence-corrected chi connectivity index (χ0v) is 13.5. The molecule has 1 saturated heterocycles. The van der Waals surface area contributed by atoms with Gasteiger partial charge in [0.2, 0.25) is 10.0 Å². The molecule has 1 aromatic rings. The molecular weight excluding hydrogens is 339 g/mol. The van der Waals surface area contributed by atoms with Crippen molar-refractivity contribution in [2.45, 2.75) is 17.4 Å². The number of hydrogen-bond acceptors (Lipinski definition) is 4. The van der Waals surface area contributed by atoms with Crippen LogP contribution in [0.1, 0.15) is 16.8 Å². The van der Waals surface area contributed by atoms with Crippen LogP contribution in [0.4, 0.5) is 0 Å². The summed E-state index contributed by atoms with van der Waals surface area (Å²) in [6.45, 7) is 0.924. The average Bonchev–Trinajstić information content (AvgIpc) is 2.87. The number of nitrogens with zero attached hydrogens (tertiary/aromatic N) is 1. The fraction of sp³-hybridized carbons (Fsp3) is 0.417. The van der Waals surface area contributed by atoms with Gasteiger partial charge in [0.05, 0.1) is 16.7 Å². The fourth-order valence-corrected chi connectivity index (χ4v) is 3.65. The monoisotopic (exact) mass is 352 g/mol. The van der Waals surface area contributed by atoms with Crippen LogP contribution in [-0.2, 0) is 14.8 Å². The topological polar surface area (TPSA) is 89.7 Å². The van der Waals surface area contributed by atoms with Crippen molar-refractivity contribution in [2.24, 2.45) is 5.14 Å². The van der Waals surface area contributed by atoms with E-state index in [1.54, 1.807) is 12.0 Å². The van der Waals surface area contributed by atoms with E-state index >= 15 is 0 Å². The highest BCUT2D eigenvalue weighted by molar-refractivity contribution is 7.89. The third kappa shape index (κ3) is 3.49. The van der Waals surface area contributed by atoms with Crippen LogP contribution in [-0.4, -0.2) is 45.5 Å². The minimum Gasteiger partial charge on any atom is -0.380 e. The van der Waals surface area contributed by atoms with Crippen LogP contribution in [0.5, 0.6) is 0 Å². The van der Waals surface area contributed by atoms with Gasteiger partial charge in [-0.05, 0) is 18.6 Å². The molecule has 1 aliphatic heterocycles. The third-order valence-corrected chi connectivity index (χ3v) is 4.98. The number of rotatable bonds is 3. The van der Waals surface area contributed by atoms with E-state index in [1.165, 1.54) is 6.07 Å². The molecule has 2 N–H and O–H groups in total. The molecule has 9 heteroatoms. The highest BCUT2D eigenvalue weighted by Crippen LogP contribution is 2.30. The zero-order valence-electron chi connectivity index (χ0n) is 11.2. The summed E-state index contributed by atoms with van der Waals surface area (Å²) in [7, 11) is -2.49. The van der Waals surface area contributed by atoms with Crippen LogP contribution in [0.2, 0.25) is 10.0 Å². The van der Waals surface area contributed by atoms with Gasteiger partial charge in [-0.2, -0.15) is 0 Å². The maximum atomic E-state index is 12.5. The van der Waals surface area contributed by atoms with Gasteiger partial charge < -0.3 is 9.64 Å². The molecule has 1 amide bonds. The predicted molar refractivity (Wildman–Crippen MR) is 79.2 cm³/mol. The summed E-state index contributed by atoms with van der Waals surface area (Å²) in [5, 5.41) is 4.94. The summed E-state index contributed by atoms with van der Waals surface area (Å²) >= 11 is 11.9. The van der Waals surface area contributed by atoms with Crippen molar-refractivity contribution in [3.05, 3.63) is 27.7 Å². The van der Waals surface area contributed by atoms with Gasteiger partial charge in [0.1, 0.15) is 4.90 Å². The van der Waals surface area contributed by atoms with Crippen LogP contribution < -0.4 is 5.14 Å². The Morgan fingerprint density at radius 2 is 2.10 bits per heavy atom. The summed E-state index contributed by atoms with van der Waals surface area (Å²) in [6, 6.07) is 2.46. The van der Waals surface area contributed by atoms with Gasteiger partial charge in [0.15, 0.2) is 0 Å². The molecule has 2 rings (SSSR count). The van der Waals surface area contributed by atoms with E-state index in [9.17, 15) is 13.2 Å². The van der Waals surface area contributed by atoms with Crippen LogP contribution in [0.3, 0.4) is 0 Å². The molecule has 1 atom stereocenters. The van der Waals surface area contributed by atoms with E-state index in [0.29, 0.717) is 19.5 Å². The van der Waals surface area contributed by atoms with Crippen molar-refractivity contribution >= 4 is 39.1 Å². The normalized spacial score (nSPS) is 19.0. The van der Waals surface area contributed by atoms with E-state index < -0.39 is 15.9 Å². The van der Waals surface area contributed by atoms with Gasteiger partial charge in [-0.1, -0.05) is 23.2 Å². The zero-order chi connectivity index (χ0) is 15.8. The molecule has 116 valence electrons. The minimum atomic E-state index is -4.06. The van der Waals surface area contributed by atoms with E-state index in [1.807, 2.05) is 0 Å². The van der Waals surface area contributed by atoms with Crippen LogP contribution in [0.15, 0.2) is 17.0 Å². The van der Waals surface area contributed by atoms with Crippen LogP contribution in [0.25, 0.3) is 0 Å². The van der Waals surface area contributed by atoms with Gasteiger partial charge in [0, 0.05) is 25.2 Å². The SMILES string of the molecule is COC1CCN(C(=O)c2cc(Cl)cc(S(N)(=O)=O)c2Cl)C1.